The van der Waals surface area contributed by atoms with E-state index in [1.165, 1.54) is 42.8 Å². The van der Waals surface area contributed by atoms with Crippen molar-refractivity contribution in [2.75, 3.05) is 23.8 Å². The van der Waals surface area contributed by atoms with Crippen molar-refractivity contribution < 1.29 is 32.3 Å². The molecule has 10 heteroatoms. The lowest BCUT2D eigenvalue weighted by atomic mass is 10.1. The van der Waals surface area contributed by atoms with E-state index in [0.717, 1.165) is 11.1 Å². The Labute approximate surface area is 215 Å². The van der Waals surface area contributed by atoms with Crippen LogP contribution in [0.3, 0.4) is 0 Å². The molecule has 3 aromatic rings. The summed E-state index contributed by atoms with van der Waals surface area (Å²) in [5.41, 5.74) is 2.83. The van der Waals surface area contributed by atoms with E-state index in [0.29, 0.717) is 17.7 Å². The Morgan fingerprint density at radius 3 is 2.03 bits per heavy atom. The Bertz CT molecular complexity index is 1460. The smallest absolute Gasteiger partial charge is 0.337 e. The topological polar surface area (TPSA) is 119 Å². The highest BCUT2D eigenvalue weighted by atomic mass is 32.2. The first-order valence-corrected chi connectivity index (χ1v) is 12.9. The minimum atomic E-state index is -3.79. The quantitative estimate of drug-likeness (QED) is 0.487. The number of rotatable bonds is 6. The summed E-state index contributed by atoms with van der Waals surface area (Å²) in [4.78, 5) is 37.3. The van der Waals surface area contributed by atoms with E-state index in [1.807, 2.05) is 13.8 Å². The zero-order chi connectivity index (χ0) is 26.9. The summed E-state index contributed by atoms with van der Waals surface area (Å²) in [6, 6.07) is 15.2. The maximum Gasteiger partial charge on any atom is 0.337 e. The number of nitrogens with one attached hydrogen (secondary N) is 1. The number of benzene rings is 3. The standard InChI is InChI=1S/C27H26N2O7S/c1-16-5-8-23(9-6-16)37(33,34)29-17(2)11-19-12-18(7-10-24(19)29)25(30)28-22-14-20(26(31)35-3)13-21(15-22)27(32)36-4/h5-10,12-15,17H,11H2,1-4H3,(H,28,30)/t17-/m1/s1. The molecule has 1 aliphatic heterocycles. The number of anilines is 2. The summed E-state index contributed by atoms with van der Waals surface area (Å²) in [6.07, 6.45) is 0.436. The lowest BCUT2D eigenvalue weighted by molar-refractivity contribution is 0.0598. The molecule has 0 unspecified atom stereocenters. The van der Waals surface area contributed by atoms with Gasteiger partial charge in [-0.2, -0.15) is 0 Å². The number of esters is 2. The van der Waals surface area contributed by atoms with Gasteiger partial charge in [0.25, 0.3) is 15.9 Å². The SMILES string of the molecule is COC(=O)c1cc(NC(=O)c2ccc3c(c2)C[C@@H](C)N3S(=O)(=O)c2ccc(C)cc2)cc(C(=O)OC)c1. The summed E-state index contributed by atoms with van der Waals surface area (Å²) in [6.45, 7) is 3.71. The molecule has 1 heterocycles. The normalized spacial score (nSPS) is 14.6. The molecule has 0 saturated carbocycles. The van der Waals surface area contributed by atoms with Crippen LogP contribution < -0.4 is 9.62 Å². The first-order chi connectivity index (χ1) is 17.5. The molecule has 0 saturated heterocycles. The number of carbonyl (C=O) groups is 3. The maximum absolute atomic E-state index is 13.4. The van der Waals surface area contributed by atoms with Crippen molar-refractivity contribution in [2.45, 2.75) is 31.2 Å². The predicted octanol–water partition coefficient (Wildman–Crippen LogP) is 3.96. The van der Waals surface area contributed by atoms with Gasteiger partial charge in [0.05, 0.1) is 35.9 Å². The third-order valence-electron chi connectivity index (χ3n) is 6.11. The molecule has 0 bridgehead atoms. The Kier molecular flexibility index (Phi) is 7.04. The van der Waals surface area contributed by atoms with Gasteiger partial charge in [-0.1, -0.05) is 17.7 Å². The van der Waals surface area contributed by atoms with Gasteiger partial charge >= 0.3 is 11.9 Å². The van der Waals surface area contributed by atoms with Crippen molar-refractivity contribution in [3.63, 3.8) is 0 Å². The molecule has 3 aromatic carbocycles. The number of carbonyl (C=O) groups excluding carboxylic acids is 3. The molecule has 0 radical (unpaired) electrons. The number of methoxy groups -OCH3 is 2. The molecule has 0 fully saturated rings. The van der Waals surface area contributed by atoms with Gasteiger partial charge in [0.1, 0.15) is 0 Å². The molecule has 1 atom stereocenters. The van der Waals surface area contributed by atoms with E-state index in [1.54, 1.807) is 36.4 Å². The molecule has 0 aliphatic carbocycles. The molecule has 9 nitrogen and oxygen atoms in total. The van der Waals surface area contributed by atoms with Crippen molar-refractivity contribution in [3.05, 3.63) is 88.5 Å². The van der Waals surface area contributed by atoms with Crippen LogP contribution in [0, 0.1) is 6.92 Å². The number of fused-ring (bicyclic) bond motifs is 1. The van der Waals surface area contributed by atoms with Gasteiger partial charge in [-0.15, -0.1) is 0 Å². The lowest BCUT2D eigenvalue weighted by Gasteiger charge is -2.24. The number of nitrogens with zero attached hydrogens (tertiary/aromatic N) is 1. The van der Waals surface area contributed by atoms with Crippen molar-refractivity contribution in [1.29, 1.82) is 0 Å². The van der Waals surface area contributed by atoms with Gasteiger partial charge < -0.3 is 14.8 Å². The fraction of sp³-hybridized carbons (Fsp3) is 0.222. The third kappa shape index (κ3) is 5.05. The third-order valence-corrected chi connectivity index (χ3v) is 8.05. The molecular formula is C27H26N2O7S. The van der Waals surface area contributed by atoms with Crippen LogP contribution in [-0.2, 0) is 25.9 Å². The van der Waals surface area contributed by atoms with Crippen LogP contribution in [-0.4, -0.2) is 46.5 Å². The zero-order valence-electron chi connectivity index (χ0n) is 20.8. The van der Waals surface area contributed by atoms with Crippen LogP contribution >= 0.6 is 0 Å². The number of aryl methyl sites for hydroxylation is 1. The van der Waals surface area contributed by atoms with Gasteiger partial charge in [-0.05, 0) is 74.4 Å². The fourth-order valence-electron chi connectivity index (χ4n) is 4.31. The van der Waals surface area contributed by atoms with E-state index in [-0.39, 0.29) is 27.8 Å². The van der Waals surface area contributed by atoms with Crippen molar-refractivity contribution in [2.24, 2.45) is 0 Å². The minimum absolute atomic E-state index is 0.0698. The number of hydrogen-bond acceptors (Lipinski definition) is 7. The number of sulfonamides is 1. The van der Waals surface area contributed by atoms with E-state index in [2.05, 4.69) is 5.32 Å². The maximum atomic E-state index is 13.4. The summed E-state index contributed by atoms with van der Waals surface area (Å²) in [5.74, 6) is -1.85. The van der Waals surface area contributed by atoms with Crippen LogP contribution in [0.5, 0.6) is 0 Å². The second kappa shape index (κ2) is 10.1. The summed E-state index contributed by atoms with van der Waals surface area (Å²) in [5, 5.41) is 2.69. The van der Waals surface area contributed by atoms with Gasteiger partial charge in [-0.3, -0.25) is 9.10 Å². The lowest BCUT2D eigenvalue weighted by Crippen LogP contribution is -2.35. The second-order valence-electron chi connectivity index (χ2n) is 8.75. The van der Waals surface area contributed by atoms with Gasteiger partial charge in [-0.25, -0.2) is 18.0 Å². The molecule has 0 spiro atoms. The van der Waals surface area contributed by atoms with Crippen LogP contribution in [0.25, 0.3) is 0 Å². The van der Waals surface area contributed by atoms with Gasteiger partial charge in [0, 0.05) is 17.3 Å². The summed E-state index contributed by atoms with van der Waals surface area (Å²) in [7, 11) is -1.37. The molecule has 37 heavy (non-hydrogen) atoms. The van der Waals surface area contributed by atoms with Crippen LogP contribution in [0.4, 0.5) is 11.4 Å². The summed E-state index contributed by atoms with van der Waals surface area (Å²) >= 11 is 0. The Morgan fingerprint density at radius 2 is 1.46 bits per heavy atom. The molecule has 4 rings (SSSR count). The first-order valence-electron chi connectivity index (χ1n) is 11.4. The van der Waals surface area contributed by atoms with E-state index in [4.69, 9.17) is 9.47 Å². The van der Waals surface area contributed by atoms with Gasteiger partial charge in [0.15, 0.2) is 0 Å². The zero-order valence-corrected chi connectivity index (χ0v) is 21.6. The molecule has 192 valence electrons. The Balaban J connectivity index is 1.63. The highest BCUT2D eigenvalue weighted by molar-refractivity contribution is 7.92. The van der Waals surface area contributed by atoms with E-state index in [9.17, 15) is 22.8 Å². The number of ether oxygens (including phenoxy) is 2. The average molecular weight is 523 g/mol. The van der Waals surface area contributed by atoms with Crippen LogP contribution in [0.15, 0.2) is 65.6 Å². The average Bonchev–Trinajstić information content (AvgIpc) is 3.23. The fourth-order valence-corrected chi connectivity index (χ4v) is 6.00. The molecule has 0 aromatic heterocycles. The number of hydrogen-bond donors (Lipinski definition) is 1. The minimum Gasteiger partial charge on any atom is -0.465 e. The first kappa shape index (κ1) is 25.9. The van der Waals surface area contributed by atoms with Crippen molar-refractivity contribution >= 4 is 39.2 Å². The monoisotopic (exact) mass is 522 g/mol. The molecule has 1 amide bonds. The second-order valence-corrected chi connectivity index (χ2v) is 10.6. The highest BCUT2D eigenvalue weighted by Crippen LogP contribution is 2.37. The summed E-state index contributed by atoms with van der Waals surface area (Å²) < 4.78 is 37.6. The Hall–Kier alpha value is -4.18. The largest absolute Gasteiger partial charge is 0.465 e. The van der Waals surface area contributed by atoms with Crippen LogP contribution in [0.2, 0.25) is 0 Å². The van der Waals surface area contributed by atoms with Gasteiger partial charge in [0.2, 0.25) is 0 Å². The predicted molar refractivity (Wildman–Crippen MR) is 138 cm³/mol. The van der Waals surface area contributed by atoms with E-state index >= 15 is 0 Å². The van der Waals surface area contributed by atoms with Crippen molar-refractivity contribution in [1.82, 2.24) is 0 Å². The highest BCUT2D eigenvalue weighted by Gasteiger charge is 2.36. The van der Waals surface area contributed by atoms with Crippen molar-refractivity contribution in [3.8, 4) is 0 Å². The molecule has 1 aliphatic rings. The number of amides is 1. The molecular weight excluding hydrogens is 496 g/mol. The Morgan fingerprint density at radius 1 is 0.865 bits per heavy atom. The van der Waals surface area contributed by atoms with E-state index < -0.39 is 27.9 Å². The molecule has 1 N–H and O–H groups in total. The van der Waals surface area contributed by atoms with Crippen LogP contribution in [0.1, 0.15) is 49.1 Å².